The molecule has 16 heteroatoms. The van der Waals surface area contributed by atoms with Crippen LogP contribution in [0, 0.1) is 0 Å². The van der Waals surface area contributed by atoms with Crippen LogP contribution in [0.4, 0.5) is 5.82 Å². The monoisotopic (exact) mass is 820 g/mol. The van der Waals surface area contributed by atoms with Crippen molar-refractivity contribution in [2.45, 2.75) is 41.8 Å². The number of esters is 3. The average molecular weight is 821 g/mol. The molecular formula is C41H33ClN6O7S2. The molecule has 3 aromatic heterocycles. The Kier molecular flexibility index (Phi) is 11.4. The number of benzene rings is 4. The molecule has 8 rings (SSSR count). The number of nitrogens with zero attached hydrogens (tertiary/aromatic N) is 5. The smallest absolute Gasteiger partial charge is 0.338 e. The van der Waals surface area contributed by atoms with Crippen LogP contribution in [-0.4, -0.2) is 79.1 Å². The van der Waals surface area contributed by atoms with E-state index in [1.54, 1.807) is 119 Å². The predicted molar refractivity (Wildman–Crippen MR) is 216 cm³/mol. The first kappa shape index (κ1) is 38.0. The molecule has 0 radical (unpaired) electrons. The van der Waals surface area contributed by atoms with Gasteiger partial charge in [0.2, 0.25) is 5.28 Å². The summed E-state index contributed by atoms with van der Waals surface area (Å²) < 4.78 is 28.0. The van der Waals surface area contributed by atoms with Crippen molar-refractivity contribution in [3.05, 3.63) is 144 Å². The van der Waals surface area contributed by atoms with Crippen molar-refractivity contribution >= 4 is 79.8 Å². The maximum absolute atomic E-state index is 13.7. The second-order valence-electron chi connectivity index (χ2n) is 13.0. The van der Waals surface area contributed by atoms with Gasteiger partial charge in [-0.2, -0.15) is 9.97 Å². The van der Waals surface area contributed by atoms with Gasteiger partial charge in [0, 0.05) is 11.8 Å². The lowest BCUT2D eigenvalue weighted by atomic mass is 10.1. The highest BCUT2D eigenvalue weighted by molar-refractivity contribution is 8.01. The third-order valence-electron chi connectivity index (χ3n) is 8.96. The topological polar surface area (TPSA) is 157 Å². The highest BCUT2D eigenvalue weighted by atomic mass is 35.5. The molecule has 5 atom stereocenters. The van der Waals surface area contributed by atoms with Gasteiger partial charge in [-0.15, -0.1) is 11.3 Å². The average Bonchev–Trinajstić information content (AvgIpc) is 3.95. The Morgan fingerprint density at radius 3 is 2.05 bits per heavy atom. The SMILES string of the molecule is C[C@H](CSc1nc2ccccc2s1)Nc1nc(Cl)nc2c1ncn2[C@@H]1O[C@H](COC(=O)c2ccccc2)[C@@H](OC(=O)c2ccccc2)[C@H]1OC(=O)c1ccccc1. The first-order chi connectivity index (χ1) is 27.8. The number of ether oxygens (including phenoxy) is 4. The molecule has 1 saturated heterocycles. The molecule has 0 saturated carbocycles. The maximum atomic E-state index is 13.7. The van der Waals surface area contributed by atoms with Crippen LogP contribution in [0.25, 0.3) is 21.4 Å². The molecule has 57 heavy (non-hydrogen) atoms. The Balaban J connectivity index is 1.11. The quantitative estimate of drug-likeness (QED) is 0.0519. The van der Waals surface area contributed by atoms with Crippen molar-refractivity contribution < 1.29 is 33.3 Å². The first-order valence-electron chi connectivity index (χ1n) is 17.9. The van der Waals surface area contributed by atoms with E-state index in [0.29, 0.717) is 22.7 Å². The molecule has 0 bridgehead atoms. The largest absolute Gasteiger partial charge is 0.459 e. The molecule has 0 aliphatic carbocycles. The number of halogens is 1. The number of thiazole rings is 1. The van der Waals surface area contributed by atoms with E-state index < -0.39 is 42.4 Å². The van der Waals surface area contributed by atoms with Gasteiger partial charge in [-0.05, 0) is 67.1 Å². The Hall–Kier alpha value is -5.87. The lowest BCUT2D eigenvalue weighted by Crippen LogP contribution is -2.41. The van der Waals surface area contributed by atoms with Crippen molar-refractivity contribution in [2.75, 3.05) is 17.7 Å². The number of aromatic nitrogens is 5. The summed E-state index contributed by atoms with van der Waals surface area (Å²) >= 11 is 9.78. The molecule has 13 nitrogen and oxygen atoms in total. The number of carbonyl (C=O) groups is 3. The van der Waals surface area contributed by atoms with Crippen LogP contribution in [0.15, 0.2) is 126 Å². The van der Waals surface area contributed by atoms with Gasteiger partial charge in [-0.3, -0.25) is 4.57 Å². The molecule has 1 N–H and O–H groups in total. The number of carbonyl (C=O) groups excluding carboxylic acids is 3. The number of fused-ring (bicyclic) bond motifs is 2. The van der Waals surface area contributed by atoms with E-state index in [9.17, 15) is 14.4 Å². The van der Waals surface area contributed by atoms with Gasteiger partial charge in [-0.25, -0.2) is 24.4 Å². The zero-order valence-corrected chi connectivity index (χ0v) is 32.5. The molecule has 7 aromatic rings. The van der Waals surface area contributed by atoms with Crippen LogP contribution in [0.5, 0.6) is 0 Å². The minimum absolute atomic E-state index is 0.0750. The summed E-state index contributed by atoms with van der Waals surface area (Å²) in [6, 6.07) is 33.1. The van der Waals surface area contributed by atoms with E-state index in [2.05, 4.69) is 20.3 Å². The number of thioether (sulfide) groups is 1. The van der Waals surface area contributed by atoms with E-state index >= 15 is 0 Å². The zero-order valence-electron chi connectivity index (χ0n) is 30.1. The number of hydrogen-bond donors (Lipinski definition) is 1. The first-order valence-corrected chi connectivity index (χ1v) is 20.0. The van der Waals surface area contributed by atoms with E-state index in [4.69, 9.17) is 35.5 Å². The van der Waals surface area contributed by atoms with Gasteiger partial charge in [0.05, 0.1) is 33.2 Å². The summed E-state index contributed by atoms with van der Waals surface area (Å²) in [6.07, 6.45) is -3.36. The van der Waals surface area contributed by atoms with Crippen LogP contribution in [0.1, 0.15) is 44.2 Å². The minimum Gasteiger partial charge on any atom is -0.459 e. The highest BCUT2D eigenvalue weighted by Crippen LogP contribution is 2.38. The van der Waals surface area contributed by atoms with E-state index in [1.807, 2.05) is 31.2 Å². The summed E-state index contributed by atoms with van der Waals surface area (Å²) in [5, 5.41) is 3.33. The summed E-state index contributed by atoms with van der Waals surface area (Å²) in [7, 11) is 0. The summed E-state index contributed by atoms with van der Waals surface area (Å²) in [6.45, 7) is 1.65. The van der Waals surface area contributed by atoms with Gasteiger partial charge in [0.25, 0.3) is 0 Å². The molecule has 1 aliphatic rings. The van der Waals surface area contributed by atoms with Crippen molar-refractivity contribution in [1.29, 1.82) is 0 Å². The molecule has 0 spiro atoms. The molecule has 4 aromatic carbocycles. The van der Waals surface area contributed by atoms with Gasteiger partial charge in [0.1, 0.15) is 12.7 Å². The molecule has 1 fully saturated rings. The van der Waals surface area contributed by atoms with Gasteiger partial charge in [0.15, 0.2) is 39.8 Å². The van der Waals surface area contributed by atoms with Crippen LogP contribution < -0.4 is 5.32 Å². The normalized spacial score (nSPS) is 18.3. The Morgan fingerprint density at radius 1 is 0.807 bits per heavy atom. The fourth-order valence-electron chi connectivity index (χ4n) is 6.24. The van der Waals surface area contributed by atoms with E-state index in [1.165, 1.54) is 6.33 Å². The van der Waals surface area contributed by atoms with E-state index in [-0.39, 0.29) is 34.7 Å². The molecular weight excluding hydrogens is 788 g/mol. The van der Waals surface area contributed by atoms with E-state index in [0.717, 1.165) is 14.6 Å². The van der Waals surface area contributed by atoms with Crippen molar-refractivity contribution in [1.82, 2.24) is 24.5 Å². The number of anilines is 1. The third kappa shape index (κ3) is 8.61. The van der Waals surface area contributed by atoms with Crippen molar-refractivity contribution in [3.8, 4) is 0 Å². The number of para-hydroxylation sites is 1. The summed E-state index contributed by atoms with van der Waals surface area (Å²) in [4.78, 5) is 58.7. The van der Waals surface area contributed by atoms with Crippen molar-refractivity contribution in [3.63, 3.8) is 0 Å². The summed E-state index contributed by atoms with van der Waals surface area (Å²) in [5.74, 6) is -0.986. The second-order valence-corrected chi connectivity index (χ2v) is 15.6. The zero-order chi connectivity index (χ0) is 39.3. The number of nitrogens with one attached hydrogen (secondary N) is 1. The standard InChI is InChI=1S/C41H33ClN6O7S2/c1-24(22-56-41-45-28-19-11-12-20-30(28)57-41)44-34-31-35(47-40(42)46-34)48(23-43-31)36-33(55-39(51)27-17-9-4-10-18-27)32(54-38(50)26-15-7-3-8-16-26)29(53-36)21-52-37(49)25-13-5-2-6-14-25/h2-20,23-24,29,32-33,36H,21-22H2,1H3,(H,44,46,47)/t24-,29-,32-,33-,36-/m1/s1. The molecule has 1 aliphatic heterocycles. The Bertz CT molecular complexity index is 2490. The molecule has 0 unspecified atom stereocenters. The molecule has 4 heterocycles. The van der Waals surface area contributed by atoms with Gasteiger partial charge < -0.3 is 24.3 Å². The van der Waals surface area contributed by atoms with Gasteiger partial charge >= 0.3 is 17.9 Å². The van der Waals surface area contributed by atoms with Gasteiger partial charge in [-0.1, -0.05) is 78.5 Å². The minimum atomic E-state index is -1.28. The maximum Gasteiger partial charge on any atom is 0.338 e. The lowest BCUT2D eigenvalue weighted by molar-refractivity contribution is -0.0606. The third-order valence-corrected chi connectivity index (χ3v) is 11.6. The Labute approximate surface area is 339 Å². The predicted octanol–water partition coefficient (Wildman–Crippen LogP) is 7.89. The van der Waals surface area contributed by atoms with Crippen LogP contribution in [-0.2, 0) is 18.9 Å². The number of rotatable bonds is 13. The highest BCUT2D eigenvalue weighted by Gasteiger charge is 2.52. The summed E-state index contributed by atoms with van der Waals surface area (Å²) in [5.41, 5.74) is 2.41. The Morgan fingerprint density at radius 2 is 1.40 bits per heavy atom. The molecule has 0 amide bonds. The number of imidazole rings is 1. The fourth-order valence-corrected chi connectivity index (χ4v) is 8.45. The van der Waals surface area contributed by atoms with Crippen LogP contribution in [0.2, 0.25) is 5.28 Å². The number of hydrogen-bond acceptors (Lipinski definition) is 14. The van der Waals surface area contributed by atoms with Crippen LogP contribution in [0.3, 0.4) is 0 Å². The fraction of sp³-hybridized carbons (Fsp3) is 0.195. The van der Waals surface area contributed by atoms with Crippen molar-refractivity contribution in [2.24, 2.45) is 0 Å². The lowest BCUT2D eigenvalue weighted by Gasteiger charge is -2.25. The second kappa shape index (κ2) is 17.1. The van der Waals surface area contributed by atoms with Crippen LogP contribution >= 0.6 is 34.7 Å². The molecule has 288 valence electrons.